The second-order valence-corrected chi connectivity index (χ2v) is 5.38. The number of anilines is 1. The van der Waals surface area contributed by atoms with E-state index in [9.17, 15) is 19.1 Å². The zero-order valence-electron chi connectivity index (χ0n) is 14.5. The first-order valence-corrected chi connectivity index (χ1v) is 7.60. The Balaban J connectivity index is 2.21. The lowest BCUT2D eigenvalue weighted by atomic mass is 10.1. The Morgan fingerprint density at radius 1 is 1.12 bits per heavy atom. The average Bonchev–Trinajstić information content (AvgIpc) is 2.63. The van der Waals surface area contributed by atoms with Gasteiger partial charge in [-0.1, -0.05) is 0 Å². The topological polar surface area (TPSA) is 84.9 Å². The molecule has 1 amide bonds. The number of carbonyl (C=O) groups excluding carboxylic acids is 2. The van der Waals surface area contributed by atoms with E-state index in [1.54, 1.807) is 12.1 Å². The minimum atomic E-state index is -0.977. The summed E-state index contributed by atoms with van der Waals surface area (Å²) < 4.78 is 23.4. The maximum absolute atomic E-state index is 13.2. The van der Waals surface area contributed by atoms with E-state index in [0.717, 1.165) is 6.08 Å². The third kappa shape index (κ3) is 4.38. The predicted octanol–water partition coefficient (Wildman–Crippen LogP) is 3.26. The Morgan fingerprint density at radius 3 is 2.46 bits per heavy atom. The number of ether oxygens (including phenoxy) is 2. The molecule has 0 radical (unpaired) electrons. The van der Waals surface area contributed by atoms with E-state index >= 15 is 0 Å². The molecule has 0 aliphatic rings. The standard InChI is InChI=1S/C19H18FNO5/c1-11-8-12(4-6-15(11)20)21-19(24)17(23)10-16(22)14-9-13(25-2)5-7-18(14)26-3/h4-10,22H,1-3H3,(H,21,24). The van der Waals surface area contributed by atoms with E-state index < -0.39 is 23.3 Å². The van der Waals surface area contributed by atoms with Crippen molar-refractivity contribution in [3.05, 3.63) is 59.4 Å². The van der Waals surface area contributed by atoms with Gasteiger partial charge in [0.25, 0.3) is 5.91 Å². The van der Waals surface area contributed by atoms with Gasteiger partial charge in [-0.25, -0.2) is 4.39 Å². The summed E-state index contributed by atoms with van der Waals surface area (Å²) in [5.41, 5.74) is 0.800. The number of rotatable bonds is 6. The number of methoxy groups -OCH3 is 2. The Bertz CT molecular complexity index is 876. The third-order valence-electron chi connectivity index (χ3n) is 3.59. The van der Waals surface area contributed by atoms with Gasteiger partial charge in [-0.3, -0.25) is 9.59 Å². The summed E-state index contributed by atoms with van der Waals surface area (Å²) in [6.45, 7) is 1.54. The first-order valence-electron chi connectivity index (χ1n) is 7.60. The lowest BCUT2D eigenvalue weighted by molar-refractivity contribution is -0.131. The number of aryl methyl sites for hydroxylation is 1. The molecule has 0 aliphatic heterocycles. The van der Waals surface area contributed by atoms with Gasteiger partial charge in [0, 0.05) is 11.8 Å². The molecule has 2 N–H and O–H groups in total. The van der Waals surface area contributed by atoms with Crippen LogP contribution in [0, 0.1) is 12.7 Å². The van der Waals surface area contributed by atoms with Gasteiger partial charge >= 0.3 is 0 Å². The van der Waals surface area contributed by atoms with Gasteiger partial charge in [0.2, 0.25) is 5.78 Å². The highest BCUT2D eigenvalue weighted by Gasteiger charge is 2.16. The monoisotopic (exact) mass is 359 g/mol. The fourth-order valence-corrected chi connectivity index (χ4v) is 2.20. The van der Waals surface area contributed by atoms with Gasteiger partial charge < -0.3 is 19.9 Å². The van der Waals surface area contributed by atoms with E-state index in [-0.39, 0.29) is 11.3 Å². The quantitative estimate of drug-likeness (QED) is 0.470. The highest BCUT2D eigenvalue weighted by Crippen LogP contribution is 2.28. The molecule has 26 heavy (non-hydrogen) atoms. The molecule has 6 nitrogen and oxygen atoms in total. The average molecular weight is 359 g/mol. The maximum atomic E-state index is 13.2. The summed E-state index contributed by atoms with van der Waals surface area (Å²) in [6, 6.07) is 8.57. The smallest absolute Gasteiger partial charge is 0.296 e. The van der Waals surface area contributed by atoms with E-state index in [1.807, 2.05) is 0 Å². The first-order chi connectivity index (χ1) is 12.3. The summed E-state index contributed by atoms with van der Waals surface area (Å²) in [5, 5.41) is 12.5. The number of halogens is 1. The normalized spacial score (nSPS) is 11.0. The van der Waals surface area contributed by atoms with Crippen molar-refractivity contribution in [2.45, 2.75) is 6.92 Å². The molecule has 0 unspecified atom stereocenters. The number of hydrogen-bond acceptors (Lipinski definition) is 5. The van der Waals surface area contributed by atoms with Crippen LogP contribution in [0.5, 0.6) is 11.5 Å². The SMILES string of the molecule is COc1ccc(OC)c(C(O)=CC(=O)C(=O)Nc2ccc(F)c(C)c2)c1. The van der Waals surface area contributed by atoms with Gasteiger partial charge in [0.1, 0.15) is 23.1 Å². The molecule has 0 atom stereocenters. The van der Waals surface area contributed by atoms with Crippen molar-refractivity contribution in [1.82, 2.24) is 0 Å². The molecule has 0 saturated heterocycles. The second-order valence-electron chi connectivity index (χ2n) is 5.38. The van der Waals surface area contributed by atoms with Crippen molar-refractivity contribution < 1.29 is 28.6 Å². The Labute approximate surface area is 149 Å². The zero-order valence-corrected chi connectivity index (χ0v) is 14.5. The van der Waals surface area contributed by atoms with Crippen LogP contribution in [-0.2, 0) is 9.59 Å². The van der Waals surface area contributed by atoms with Crippen LogP contribution in [0.1, 0.15) is 11.1 Å². The molecular weight excluding hydrogens is 341 g/mol. The fourth-order valence-electron chi connectivity index (χ4n) is 2.20. The predicted molar refractivity (Wildman–Crippen MR) is 94.9 cm³/mol. The molecule has 0 fully saturated rings. The maximum Gasteiger partial charge on any atom is 0.296 e. The Hall–Kier alpha value is -3.35. The van der Waals surface area contributed by atoms with Crippen LogP contribution in [0.15, 0.2) is 42.5 Å². The molecule has 0 heterocycles. The number of carbonyl (C=O) groups is 2. The van der Waals surface area contributed by atoms with Crippen molar-refractivity contribution in [3.8, 4) is 11.5 Å². The van der Waals surface area contributed by atoms with Gasteiger partial charge in [-0.15, -0.1) is 0 Å². The molecule has 2 aromatic rings. The lowest BCUT2D eigenvalue weighted by Crippen LogP contribution is -2.21. The largest absolute Gasteiger partial charge is 0.507 e. The van der Waals surface area contributed by atoms with Crippen LogP contribution in [-0.4, -0.2) is 31.0 Å². The molecule has 2 rings (SSSR count). The van der Waals surface area contributed by atoms with Crippen LogP contribution < -0.4 is 14.8 Å². The van der Waals surface area contributed by atoms with Crippen molar-refractivity contribution in [2.24, 2.45) is 0 Å². The molecule has 7 heteroatoms. The zero-order chi connectivity index (χ0) is 19.3. The first kappa shape index (κ1) is 19.0. The second kappa shape index (κ2) is 8.15. The van der Waals surface area contributed by atoms with E-state index in [4.69, 9.17) is 9.47 Å². The highest BCUT2D eigenvalue weighted by molar-refractivity contribution is 6.45. The van der Waals surface area contributed by atoms with Crippen LogP contribution in [0.4, 0.5) is 10.1 Å². The number of aliphatic hydroxyl groups is 1. The number of hydrogen-bond donors (Lipinski definition) is 2. The highest BCUT2D eigenvalue weighted by atomic mass is 19.1. The fraction of sp³-hybridized carbons (Fsp3) is 0.158. The summed E-state index contributed by atoms with van der Waals surface area (Å²) in [4.78, 5) is 24.0. The molecule has 0 bridgehead atoms. The molecule has 0 aromatic heterocycles. The minimum Gasteiger partial charge on any atom is -0.507 e. The number of benzene rings is 2. The van der Waals surface area contributed by atoms with Crippen molar-refractivity contribution in [3.63, 3.8) is 0 Å². The minimum absolute atomic E-state index is 0.200. The number of ketones is 1. The van der Waals surface area contributed by atoms with Crippen molar-refractivity contribution in [1.29, 1.82) is 0 Å². The van der Waals surface area contributed by atoms with Crippen LogP contribution in [0.25, 0.3) is 5.76 Å². The van der Waals surface area contributed by atoms with Crippen molar-refractivity contribution in [2.75, 3.05) is 19.5 Å². The van der Waals surface area contributed by atoms with E-state index in [0.29, 0.717) is 17.1 Å². The van der Waals surface area contributed by atoms with Gasteiger partial charge in [0.05, 0.1) is 19.8 Å². The Kier molecular flexibility index (Phi) is 5.95. The summed E-state index contributed by atoms with van der Waals surface area (Å²) in [6.07, 6.45) is 0.781. The van der Waals surface area contributed by atoms with Crippen LogP contribution >= 0.6 is 0 Å². The molecule has 2 aromatic carbocycles. The third-order valence-corrected chi connectivity index (χ3v) is 3.59. The molecule has 0 aliphatic carbocycles. The van der Waals surface area contributed by atoms with Crippen LogP contribution in [0.3, 0.4) is 0 Å². The van der Waals surface area contributed by atoms with Gasteiger partial charge in [-0.05, 0) is 48.9 Å². The van der Waals surface area contributed by atoms with Crippen LogP contribution in [0.2, 0.25) is 0 Å². The van der Waals surface area contributed by atoms with Gasteiger partial charge in [0.15, 0.2) is 0 Å². The number of nitrogens with one attached hydrogen (secondary N) is 1. The molecular formula is C19H18FNO5. The van der Waals surface area contributed by atoms with Crippen molar-refractivity contribution >= 4 is 23.1 Å². The van der Waals surface area contributed by atoms with Gasteiger partial charge in [-0.2, -0.15) is 0 Å². The number of amides is 1. The number of aliphatic hydroxyl groups excluding tert-OH is 1. The summed E-state index contributed by atoms with van der Waals surface area (Å²) >= 11 is 0. The molecule has 0 saturated carbocycles. The van der Waals surface area contributed by atoms with E-state index in [1.165, 1.54) is 45.4 Å². The summed E-state index contributed by atoms with van der Waals surface area (Å²) in [7, 11) is 2.86. The summed E-state index contributed by atoms with van der Waals surface area (Å²) in [5.74, 6) is -2.06. The molecule has 0 spiro atoms. The van der Waals surface area contributed by atoms with E-state index in [2.05, 4.69) is 5.32 Å². The Morgan fingerprint density at radius 2 is 1.85 bits per heavy atom. The molecule has 136 valence electrons. The lowest BCUT2D eigenvalue weighted by Gasteiger charge is -2.10.